The molecule has 0 spiro atoms. The monoisotopic (exact) mass is 422 g/mol. The van der Waals surface area contributed by atoms with Crippen molar-refractivity contribution in [2.75, 3.05) is 47.0 Å². The molecule has 1 aliphatic carbocycles. The van der Waals surface area contributed by atoms with Gasteiger partial charge in [-0.05, 0) is 53.6 Å². The van der Waals surface area contributed by atoms with Gasteiger partial charge in [0.2, 0.25) is 0 Å². The Kier molecular flexibility index (Phi) is 7.43. The summed E-state index contributed by atoms with van der Waals surface area (Å²) in [5, 5.41) is 7.02. The van der Waals surface area contributed by atoms with Gasteiger partial charge in [-0.25, -0.2) is 0 Å². The molecular weight excluding hydrogens is 388 g/mol. The predicted molar refractivity (Wildman–Crippen MR) is 125 cm³/mol. The van der Waals surface area contributed by atoms with Crippen molar-refractivity contribution < 1.29 is 9.47 Å². The molecule has 2 N–H and O–H groups in total. The van der Waals surface area contributed by atoms with Crippen molar-refractivity contribution >= 4 is 5.96 Å². The van der Waals surface area contributed by atoms with E-state index in [0.717, 1.165) is 51.1 Å². The van der Waals surface area contributed by atoms with E-state index in [1.54, 1.807) is 7.11 Å². The first kappa shape index (κ1) is 21.7. The van der Waals surface area contributed by atoms with E-state index in [1.165, 1.54) is 41.5 Å². The van der Waals surface area contributed by atoms with Gasteiger partial charge in [0, 0.05) is 33.2 Å². The summed E-state index contributed by atoms with van der Waals surface area (Å²) in [6.45, 7) is 4.96. The molecule has 0 aromatic heterocycles. The maximum atomic E-state index is 5.57. The predicted octanol–water partition coefficient (Wildman–Crippen LogP) is 2.92. The van der Waals surface area contributed by atoms with Crippen LogP contribution in [0.4, 0.5) is 0 Å². The minimum Gasteiger partial charge on any atom is -0.497 e. The highest BCUT2D eigenvalue weighted by molar-refractivity contribution is 5.79. The molecule has 2 aliphatic rings. The molecule has 1 saturated heterocycles. The molecule has 2 aromatic rings. The summed E-state index contributed by atoms with van der Waals surface area (Å²) in [6, 6.07) is 15.5. The summed E-state index contributed by atoms with van der Waals surface area (Å²) in [5.74, 6) is 1.71. The van der Waals surface area contributed by atoms with E-state index in [-0.39, 0.29) is 6.04 Å². The second-order valence-electron chi connectivity index (χ2n) is 8.20. The number of morpholine rings is 1. The summed E-state index contributed by atoms with van der Waals surface area (Å²) in [5.41, 5.74) is 5.60. The molecule has 166 valence electrons. The van der Waals surface area contributed by atoms with Crippen LogP contribution in [-0.2, 0) is 24.1 Å². The molecule has 0 bridgehead atoms. The third-order valence-electron chi connectivity index (χ3n) is 6.30. The lowest BCUT2D eigenvalue weighted by Crippen LogP contribution is -2.46. The van der Waals surface area contributed by atoms with Crippen LogP contribution >= 0.6 is 0 Å². The fourth-order valence-corrected chi connectivity index (χ4v) is 4.51. The first-order valence-corrected chi connectivity index (χ1v) is 11.3. The van der Waals surface area contributed by atoms with Gasteiger partial charge in [-0.1, -0.05) is 30.3 Å². The number of hydrogen-bond donors (Lipinski definition) is 2. The number of aliphatic imine (C=N–C) groups is 1. The van der Waals surface area contributed by atoms with Crippen LogP contribution in [0.3, 0.4) is 0 Å². The second-order valence-corrected chi connectivity index (χ2v) is 8.20. The lowest BCUT2D eigenvalue weighted by atomic mass is 10.0. The molecule has 1 atom stereocenters. The number of nitrogens with one attached hydrogen (secondary N) is 2. The zero-order valence-corrected chi connectivity index (χ0v) is 18.7. The van der Waals surface area contributed by atoms with Gasteiger partial charge in [-0.3, -0.25) is 9.89 Å². The van der Waals surface area contributed by atoms with Crippen molar-refractivity contribution in [3.8, 4) is 5.75 Å². The number of ether oxygens (including phenoxy) is 2. The minimum atomic E-state index is 0.244. The van der Waals surface area contributed by atoms with E-state index >= 15 is 0 Å². The van der Waals surface area contributed by atoms with Crippen molar-refractivity contribution in [3.05, 3.63) is 64.7 Å². The SMILES string of the molecule is CN=C(NCc1ccc2c(c1)CCC2)NCC(c1ccc(OC)cc1)N1CCOCC1. The number of fused-ring (bicyclic) bond motifs is 1. The van der Waals surface area contributed by atoms with Gasteiger partial charge in [-0.2, -0.15) is 0 Å². The van der Waals surface area contributed by atoms with Crippen LogP contribution in [0.15, 0.2) is 47.5 Å². The topological polar surface area (TPSA) is 58.1 Å². The van der Waals surface area contributed by atoms with Gasteiger partial charge >= 0.3 is 0 Å². The van der Waals surface area contributed by atoms with Gasteiger partial charge in [0.15, 0.2) is 5.96 Å². The number of aryl methyl sites for hydroxylation is 2. The molecule has 1 fully saturated rings. The van der Waals surface area contributed by atoms with E-state index in [9.17, 15) is 0 Å². The van der Waals surface area contributed by atoms with Crippen LogP contribution in [0, 0.1) is 0 Å². The van der Waals surface area contributed by atoms with E-state index in [2.05, 4.69) is 50.9 Å². The molecule has 1 unspecified atom stereocenters. The molecule has 31 heavy (non-hydrogen) atoms. The fourth-order valence-electron chi connectivity index (χ4n) is 4.51. The zero-order valence-electron chi connectivity index (χ0n) is 18.7. The maximum absolute atomic E-state index is 5.57. The van der Waals surface area contributed by atoms with Crippen molar-refractivity contribution in [3.63, 3.8) is 0 Å². The van der Waals surface area contributed by atoms with Crippen LogP contribution in [-0.4, -0.2) is 57.9 Å². The van der Waals surface area contributed by atoms with E-state index in [4.69, 9.17) is 9.47 Å². The van der Waals surface area contributed by atoms with Crippen LogP contribution in [0.1, 0.15) is 34.7 Å². The minimum absolute atomic E-state index is 0.244. The first-order chi connectivity index (χ1) is 15.3. The maximum Gasteiger partial charge on any atom is 0.191 e. The number of benzene rings is 2. The molecule has 0 amide bonds. The van der Waals surface area contributed by atoms with Crippen LogP contribution in [0.25, 0.3) is 0 Å². The summed E-state index contributed by atoms with van der Waals surface area (Å²) in [6.07, 6.45) is 3.71. The number of nitrogens with zero attached hydrogens (tertiary/aromatic N) is 2. The third-order valence-corrected chi connectivity index (χ3v) is 6.30. The Balaban J connectivity index is 1.38. The van der Waals surface area contributed by atoms with Gasteiger partial charge < -0.3 is 20.1 Å². The summed E-state index contributed by atoms with van der Waals surface area (Å²) in [4.78, 5) is 6.92. The summed E-state index contributed by atoms with van der Waals surface area (Å²) in [7, 11) is 3.53. The molecule has 4 rings (SSSR count). The lowest BCUT2D eigenvalue weighted by molar-refractivity contribution is 0.0170. The number of guanidine groups is 1. The third kappa shape index (κ3) is 5.57. The van der Waals surface area contributed by atoms with Crippen molar-refractivity contribution in [1.82, 2.24) is 15.5 Å². The number of hydrogen-bond acceptors (Lipinski definition) is 4. The Bertz CT molecular complexity index is 876. The first-order valence-electron chi connectivity index (χ1n) is 11.3. The Morgan fingerprint density at radius 3 is 2.58 bits per heavy atom. The second kappa shape index (κ2) is 10.6. The molecule has 6 nitrogen and oxygen atoms in total. The average Bonchev–Trinajstić information content (AvgIpc) is 3.30. The summed E-state index contributed by atoms with van der Waals surface area (Å²) < 4.78 is 10.9. The van der Waals surface area contributed by atoms with Gasteiger partial charge in [0.05, 0.1) is 26.4 Å². The Labute approximate surface area is 185 Å². The number of methoxy groups -OCH3 is 1. The van der Waals surface area contributed by atoms with Gasteiger partial charge in [-0.15, -0.1) is 0 Å². The molecule has 6 heteroatoms. The largest absolute Gasteiger partial charge is 0.497 e. The lowest BCUT2D eigenvalue weighted by Gasteiger charge is -2.35. The van der Waals surface area contributed by atoms with Crippen LogP contribution in [0.5, 0.6) is 5.75 Å². The summed E-state index contributed by atoms with van der Waals surface area (Å²) >= 11 is 0. The van der Waals surface area contributed by atoms with Gasteiger partial charge in [0.25, 0.3) is 0 Å². The Morgan fingerprint density at radius 2 is 1.84 bits per heavy atom. The smallest absolute Gasteiger partial charge is 0.191 e. The highest BCUT2D eigenvalue weighted by Gasteiger charge is 2.23. The number of rotatable bonds is 7. The highest BCUT2D eigenvalue weighted by atomic mass is 16.5. The molecule has 2 aromatic carbocycles. The average molecular weight is 423 g/mol. The van der Waals surface area contributed by atoms with E-state index in [0.29, 0.717) is 0 Å². The molecule has 0 saturated carbocycles. The normalized spacial score (nSPS) is 17.8. The Morgan fingerprint density at radius 1 is 1.06 bits per heavy atom. The standard InChI is InChI=1S/C25H34N4O2/c1-26-25(27-17-19-6-7-20-4-3-5-22(20)16-19)28-18-24(29-12-14-31-15-13-29)21-8-10-23(30-2)11-9-21/h6-11,16,24H,3-5,12-15,17-18H2,1-2H3,(H2,26,27,28). The molecular formula is C25H34N4O2. The van der Waals surface area contributed by atoms with E-state index in [1.807, 2.05) is 19.2 Å². The van der Waals surface area contributed by atoms with Crippen molar-refractivity contribution in [2.45, 2.75) is 31.8 Å². The van der Waals surface area contributed by atoms with Crippen LogP contribution < -0.4 is 15.4 Å². The molecule has 1 aliphatic heterocycles. The Hall–Kier alpha value is -2.57. The fraction of sp³-hybridized carbons (Fsp3) is 0.480. The molecule has 1 heterocycles. The van der Waals surface area contributed by atoms with Crippen LogP contribution in [0.2, 0.25) is 0 Å². The quantitative estimate of drug-likeness (QED) is 0.531. The highest BCUT2D eigenvalue weighted by Crippen LogP contribution is 2.24. The zero-order chi connectivity index (χ0) is 21.5. The molecule has 0 radical (unpaired) electrons. The van der Waals surface area contributed by atoms with E-state index < -0.39 is 0 Å². The van der Waals surface area contributed by atoms with Crippen molar-refractivity contribution in [1.29, 1.82) is 0 Å². The van der Waals surface area contributed by atoms with Gasteiger partial charge in [0.1, 0.15) is 5.75 Å². The van der Waals surface area contributed by atoms with Crippen molar-refractivity contribution in [2.24, 2.45) is 4.99 Å².